The SMILES string of the molecule is COP(=O)([O-])OC[C@@H]1C[C@@H](O)CN1C(=O)CCCCCCCCCCC(=O)C1C[C@H](COCCC(=O)NCCCNC(=O)CCCCO[C@@H]2O[C@H](CO)[C@H](O)[C@H](O)[C@H]2NC(C)=O)[C@@H](OCCC(=O)NCCCNC(=O)CCCCO[C@@H]2O[C@H](CO)[C@H](O)[C@H](O)[C@H]2NC(C)=O)[C@H](OCCC(=O)NCCCNC(=O)CCCCO[C@@H]2O[C@H](CO)[C@H](O)[C@H](O)[C@H]2NC(C)=O)C1. The number of rotatable bonds is 65. The molecule has 10 amide bonds. The van der Waals surface area contributed by atoms with Gasteiger partial charge in [0.15, 0.2) is 18.9 Å². The molecule has 5 rings (SSSR count). The van der Waals surface area contributed by atoms with Crippen LogP contribution in [0.2, 0.25) is 0 Å². The lowest BCUT2D eigenvalue weighted by Crippen LogP contribution is -2.64. The second kappa shape index (κ2) is 62.2. The molecule has 4 saturated heterocycles. The van der Waals surface area contributed by atoms with Gasteiger partial charge in [-0.25, -0.2) is 0 Å². The van der Waals surface area contributed by atoms with Crippen LogP contribution >= 0.6 is 7.82 Å². The van der Waals surface area contributed by atoms with Crippen molar-refractivity contribution in [2.24, 2.45) is 11.8 Å². The first-order chi connectivity index (χ1) is 60.8. The van der Waals surface area contributed by atoms with Crippen LogP contribution in [-0.2, 0) is 109 Å². The number of unbranched alkanes of at least 4 members (excludes halogenated alkanes) is 10. The molecule has 19 N–H and O–H groups in total. The van der Waals surface area contributed by atoms with E-state index in [9.17, 15) is 113 Å². The van der Waals surface area contributed by atoms with Crippen molar-refractivity contribution in [3.63, 3.8) is 0 Å². The summed E-state index contributed by atoms with van der Waals surface area (Å²) >= 11 is 0. The number of ketones is 1. The van der Waals surface area contributed by atoms with Crippen LogP contribution in [0.3, 0.4) is 0 Å². The maximum Gasteiger partial charge on any atom is 0.267 e. The van der Waals surface area contributed by atoms with Gasteiger partial charge in [-0.2, -0.15) is 0 Å². The van der Waals surface area contributed by atoms with Crippen LogP contribution in [0, 0.1) is 11.8 Å². The highest BCUT2D eigenvalue weighted by Gasteiger charge is 2.49. The lowest BCUT2D eigenvalue weighted by atomic mass is 9.75. The van der Waals surface area contributed by atoms with E-state index in [0.29, 0.717) is 77.0 Å². The minimum atomic E-state index is -4.52. The maximum atomic E-state index is 14.4. The minimum absolute atomic E-state index is 0.00717. The van der Waals surface area contributed by atoms with Crippen LogP contribution in [0.5, 0.6) is 0 Å². The zero-order valence-corrected chi connectivity index (χ0v) is 74.7. The second-order valence-corrected chi connectivity index (χ2v) is 34.3. The first kappa shape index (κ1) is 111. The number of ether oxygens (including phenoxy) is 9. The summed E-state index contributed by atoms with van der Waals surface area (Å²) in [7, 11) is -3.55. The lowest BCUT2D eigenvalue weighted by molar-refractivity contribution is -0.270. The molecular weight excluding hydrogens is 1700 g/mol. The topological polar surface area (TPSA) is 643 Å². The Morgan fingerprint density at radius 1 is 0.402 bits per heavy atom. The first-order valence-corrected chi connectivity index (χ1v) is 46.2. The highest BCUT2D eigenvalue weighted by atomic mass is 31.2. The first-order valence-electron chi connectivity index (χ1n) is 44.8. The molecule has 127 heavy (non-hydrogen) atoms. The van der Waals surface area contributed by atoms with Crippen molar-refractivity contribution in [1.29, 1.82) is 0 Å². The third-order valence-corrected chi connectivity index (χ3v) is 23.3. The molecule has 0 aromatic carbocycles. The number of hydrogen-bond acceptors (Lipinski definition) is 34. The summed E-state index contributed by atoms with van der Waals surface area (Å²) in [6, 6.07) is -3.91. The van der Waals surface area contributed by atoms with Gasteiger partial charge in [0.1, 0.15) is 78.8 Å². The van der Waals surface area contributed by atoms with Crippen molar-refractivity contribution < 1.29 is 165 Å². The molecule has 0 bridgehead atoms. The van der Waals surface area contributed by atoms with Gasteiger partial charge in [0, 0.05) is 157 Å². The summed E-state index contributed by atoms with van der Waals surface area (Å²) in [5, 5.41) is 126. The highest BCUT2D eigenvalue weighted by Crippen LogP contribution is 2.39. The monoisotopic (exact) mass is 1840 g/mol. The molecule has 4 aliphatic heterocycles. The molecule has 5 fully saturated rings. The van der Waals surface area contributed by atoms with Crippen molar-refractivity contribution in [3.05, 3.63) is 0 Å². The Kier molecular flexibility index (Phi) is 54.5. The fourth-order valence-corrected chi connectivity index (χ4v) is 15.9. The van der Waals surface area contributed by atoms with E-state index >= 15 is 0 Å². The van der Waals surface area contributed by atoms with Gasteiger partial charge in [-0.3, -0.25) is 57.3 Å². The average molecular weight is 1850 g/mol. The number of nitrogens with zero attached hydrogens (tertiary/aromatic N) is 1. The number of β-amino-alcohol motifs (C(OH)–C–C–N with tert-alkyl or cyclic N) is 1. The molecule has 0 aromatic rings. The predicted octanol–water partition coefficient (Wildman–Crippen LogP) is -4.21. The number of carbonyl (C=O) groups is 11. The number of amides is 10. The van der Waals surface area contributed by atoms with E-state index in [1.165, 1.54) is 25.7 Å². The number of phosphoric acid groups is 1. The average Bonchev–Trinajstić information content (AvgIpc) is 1.64. The predicted molar refractivity (Wildman–Crippen MR) is 446 cm³/mol. The number of likely N-dealkylation sites (tertiary alicyclic amines) is 1. The summed E-state index contributed by atoms with van der Waals surface area (Å²) in [5.74, 6) is -4.57. The number of carbonyl (C=O) groups excluding carboxylic acids is 11. The molecule has 732 valence electrons. The van der Waals surface area contributed by atoms with Gasteiger partial charge < -0.3 is 160 Å². The third kappa shape index (κ3) is 42.9. The molecular formula is C82H144N10O34P-. The van der Waals surface area contributed by atoms with E-state index in [2.05, 4.69) is 52.4 Å². The van der Waals surface area contributed by atoms with Crippen molar-refractivity contribution in [2.45, 2.75) is 317 Å². The van der Waals surface area contributed by atoms with Gasteiger partial charge in [0.25, 0.3) is 7.82 Å². The van der Waals surface area contributed by atoms with Crippen molar-refractivity contribution in [2.75, 3.05) is 126 Å². The highest BCUT2D eigenvalue weighted by molar-refractivity contribution is 7.45. The Labute approximate surface area is 741 Å². The molecule has 2 unspecified atom stereocenters. The molecule has 45 heteroatoms. The van der Waals surface area contributed by atoms with Crippen molar-refractivity contribution >= 4 is 72.7 Å². The Balaban J connectivity index is 1.13. The third-order valence-electron chi connectivity index (χ3n) is 22.4. The fraction of sp³-hybridized carbons (Fsp3) is 0.866. The molecule has 44 nitrogen and oxygen atoms in total. The quantitative estimate of drug-likeness (QED) is 0.0203. The summed E-state index contributed by atoms with van der Waals surface area (Å²) < 4.78 is 74.2. The van der Waals surface area contributed by atoms with E-state index in [0.717, 1.165) is 45.6 Å². The Hall–Kier alpha value is -6.28. The normalized spacial score (nSPS) is 27.6. The molecule has 22 atom stereocenters. The number of aliphatic hydroxyl groups is 10. The van der Waals surface area contributed by atoms with Gasteiger partial charge in [0.05, 0.1) is 77.2 Å². The second-order valence-electron chi connectivity index (χ2n) is 32.8. The Bertz CT molecular complexity index is 3310. The number of hydrogen-bond donors (Lipinski definition) is 19. The summed E-state index contributed by atoms with van der Waals surface area (Å²) in [6.45, 7) is 2.97. The zero-order chi connectivity index (χ0) is 93.2. The van der Waals surface area contributed by atoms with Crippen LogP contribution in [-0.4, -0.2) is 363 Å². The van der Waals surface area contributed by atoms with E-state index in [-0.39, 0.29) is 210 Å². The van der Waals surface area contributed by atoms with Crippen molar-refractivity contribution in [3.8, 4) is 0 Å². The van der Waals surface area contributed by atoms with Crippen molar-refractivity contribution in [1.82, 2.24) is 52.8 Å². The number of Topliss-reactive ketones (excluding diaryl/α,β-unsaturated/α-hetero) is 1. The molecule has 1 aliphatic carbocycles. The summed E-state index contributed by atoms with van der Waals surface area (Å²) in [6.07, 6.45) is -7.03. The molecule has 0 spiro atoms. The lowest BCUT2D eigenvalue weighted by Gasteiger charge is -2.42. The largest absolute Gasteiger partial charge is 0.756 e. The maximum absolute atomic E-state index is 14.4. The van der Waals surface area contributed by atoms with Gasteiger partial charge in [-0.1, -0.05) is 38.5 Å². The summed E-state index contributed by atoms with van der Waals surface area (Å²) in [5.41, 5.74) is 0. The summed E-state index contributed by atoms with van der Waals surface area (Å²) in [4.78, 5) is 154. The Morgan fingerprint density at radius 3 is 1.13 bits per heavy atom. The Morgan fingerprint density at radius 2 is 0.756 bits per heavy atom. The van der Waals surface area contributed by atoms with E-state index in [1.54, 1.807) is 0 Å². The zero-order valence-electron chi connectivity index (χ0n) is 73.8. The molecule has 4 heterocycles. The molecule has 5 aliphatic rings. The molecule has 0 radical (unpaired) electrons. The van der Waals surface area contributed by atoms with Crippen LogP contribution < -0.4 is 52.7 Å². The van der Waals surface area contributed by atoms with Crippen LogP contribution in [0.15, 0.2) is 0 Å². The molecule has 0 aromatic heterocycles. The van der Waals surface area contributed by atoms with Gasteiger partial charge in [-0.15, -0.1) is 0 Å². The standard InChI is InChI=1S/C82H145N10O34P/c1-51(96)89-70-76(111)73(108)60(46-93)124-80(70)120-36-16-13-23-63(101)83-30-19-33-86-66(104)27-39-117-49-55-42-54(58(100)22-11-9-7-5-6-8-10-12-26-69(107)92-45-57(99)44-56(92)50-123-127(114,115)116-4)43-59(118-40-28-67(105)87-34-20-31-84-64(102)24-14-17-37-121-81-71(90-52(2)97)77(112)74(109)61(47-94)125-81)79(55)119-41-29-68(106)88-35-21-32-85-65(103)25-15-18-38-122-82-72(91-53(3)98)78(113)75(110)62(48-95)126-82/h54-57,59-62,70-82,93-95,99,108-113H,5-50H2,1-4H3,(H,83,101)(H,84,102)(H,85,103)(H,86,104)(H,87,105)(H,88,106)(H,89,96)(H,90,97)(H,91,98)(H,114,115)/p-1/t54?,55-,56+,57-,59-,60-,61-,62-,70-,71-,72-,73+,74+,75+,76-,77-,78-,79-,80-,81-,82-/m1/s1. The van der Waals surface area contributed by atoms with E-state index < -0.39 is 173 Å². The number of nitrogens with one attached hydrogen (secondary N) is 9. The van der Waals surface area contributed by atoms with Gasteiger partial charge in [0.2, 0.25) is 59.1 Å². The van der Waals surface area contributed by atoms with Crippen LogP contribution in [0.25, 0.3) is 0 Å². The van der Waals surface area contributed by atoms with E-state index in [4.69, 9.17) is 47.2 Å². The van der Waals surface area contributed by atoms with Gasteiger partial charge in [-0.05, 0) is 89.9 Å². The van der Waals surface area contributed by atoms with Gasteiger partial charge >= 0.3 is 0 Å². The fourth-order valence-electron chi connectivity index (χ4n) is 15.5. The molecule has 1 saturated carbocycles. The number of phosphoric ester groups is 1. The smallest absolute Gasteiger partial charge is 0.267 e. The van der Waals surface area contributed by atoms with E-state index in [1.807, 2.05) is 0 Å². The number of aliphatic hydroxyl groups excluding tert-OH is 10. The van der Waals surface area contributed by atoms with Crippen LogP contribution in [0.4, 0.5) is 0 Å². The van der Waals surface area contributed by atoms with Crippen LogP contribution in [0.1, 0.15) is 201 Å². The minimum Gasteiger partial charge on any atom is -0.756 e.